The minimum atomic E-state index is -0.190. The predicted octanol–water partition coefficient (Wildman–Crippen LogP) is 4.09. The number of allylic oxidation sites excluding steroid dienone is 1. The van der Waals surface area contributed by atoms with E-state index in [0.29, 0.717) is 23.9 Å². The molecule has 2 N–H and O–H groups in total. The summed E-state index contributed by atoms with van der Waals surface area (Å²) in [4.78, 5) is 0. The molecule has 0 radical (unpaired) electrons. The van der Waals surface area contributed by atoms with Gasteiger partial charge in [-0.3, -0.25) is 0 Å². The minimum absolute atomic E-state index is 0.0997. The van der Waals surface area contributed by atoms with E-state index >= 15 is 0 Å². The number of hydrogen-bond donors (Lipinski definition) is 2. The number of rotatable bonds is 3. The van der Waals surface area contributed by atoms with E-state index in [4.69, 9.17) is 0 Å². The van der Waals surface area contributed by atoms with Crippen LogP contribution in [0, 0.1) is 28.1 Å². The zero-order valence-electron chi connectivity index (χ0n) is 14.3. The van der Waals surface area contributed by atoms with Crippen molar-refractivity contribution in [1.29, 1.82) is 0 Å². The van der Waals surface area contributed by atoms with Crippen LogP contribution in [0.3, 0.4) is 0 Å². The second kappa shape index (κ2) is 5.49. The van der Waals surface area contributed by atoms with E-state index in [1.54, 1.807) is 5.57 Å². The SMILES string of the molecule is C=C[C@]1(CO)C=C2CC[C@H]3[C@@](C)(CO)CCC[C@]3(C)[C@H]2CC1. The molecule has 0 aromatic rings. The van der Waals surface area contributed by atoms with Crippen molar-refractivity contribution >= 4 is 0 Å². The van der Waals surface area contributed by atoms with Gasteiger partial charge in [-0.25, -0.2) is 0 Å². The monoisotopic (exact) mass is 304 g/mol. The molecular weight excluding hydrogens is 272 g/mol. The first-order valence-electron chi connectivity index (χ1n) is 9.00. The van der Waals surface area contributed by atoms with Crippen LogP contribution >= 0.6 is 0 Å². The lowest BCUT2D eigenvalue weighted by Crippen LogP contribution is -2.52. The van der Waals surface area contributed by atoms with Crippen LogP contribution in [0.4, 0.5) is 0 Å². The van der Waals surface area contributed by atoms with E-state index in [1.165, 1.54) is 25.7 Å². The van der Waals surface area contributed by atoms with Gasteiger partial charge in [0.1, 0.15) is 0 Å². The highest BCUT2D eigenvalue weighted by Crippen LogP contribution is 2.63. The Morgan fingerprint density at radius 2 is 1.95 bits per heavy atom. The number of hydrogen-bond acceptors (Lipinski definition) is 2. The average molecular weight is 304 g/mol. The van der Waals surface area contributed by atoms with Gasteiger partial charge in [0.25, 0.3) is 0 Å². The molecular formula is C20H32O2. The topological polar surface area (TPSA) is 40.5 Å². The van der Waals surface area contributed by atoms with Crippen molar-refractivity contribution in [2.45, 2.75) is 58.8 Å². The van der Waals surface area contributed by atoms with Crippen LogP contribution in [-0.2, 0) is 0 Å². The first-order valence-corrected chi connectivity index (χ1v) is 9.00. The third-order valence-corrected chi connectivity index (χ3v) is 7.50. The normalized spacial score (nSPS) is 48.1. The third kappa shape index (κ3) is 2.22. The maximum Gasteiger partial charge on any atom is 0.0556 e. The molecule has 3 rings (SSSR count). The summed E-state index contributed by atoms with van der Waals surface area (Å²) in [6.07, 6.45) is 12.5. The summed E-state index contributed by atoms with van der Waals surface area (Å²) in [6, 6.07) is 0. The standard InChI is InChI=1S/C20H32O2/c1-4-20(14-22)11-8-16-15(12-20)6-7-17-18(2,13-21)9-5-10-19(16,17)3/h4,12,16-17,21-22H,1,5-11,13-14H2,2-3H3/t16-,17-,18+,19+,20+/m0/s1. The van der Waals surface area contributed by atoms with Gasteiger partial charge in [-0.2, -0.15) is 0 Å². The van der Waals surface area contributed by atoms with Crippen molar-refractivity contribution < 1.29 is 10.2 Å². The summed E-state index contributed by atoms with van der Waals surface area (Å²) in [5, 5.41) is 19.8. The Morgan fingerprint density at radius 3 is 2.59 bits per heavy atom. The molecule has 0 saturated heterocycles. The Labute approximate surface area is 135 Å². The van der Waals surface area contributed by atoms with E-state index < -0.39 is 0 Å². The zero-order chi connectivity index (χ0) is 16.0. The molecule has 0 aromatic carbocycles. The molecule has 2 saturated carbocycles. The molecule has 0 bridgehead atoms. The Balaban J connectivity index is 1.96. The molecule has 3 aliphatic carbocycles. The molecule has 22 heavy (non-hydrogen) atoms. The van der Waals surface area contributed by atoms with E-state index in [0.717, 1.165) is 19.3 Å². The van der Waals surface area contributed by atoms with Gasteiger partial charge in [0.15, 0.2) is 0 Å². The van der Waals surface area contributed by atoms with Gasteiger partial charge < -0.3 is 10.2 Å². The summed E-state index contributed by atoms with van der Waals surface area (Å²) >= 11 is 0. The van der Waals surface area contributed by atoms with Gasteiger partial charge in [-0.05, 0) is 61.2 Å². The van der Waals surface area contributed by atoms with Gasteiger partial charge >= 0.3 is 0 Å². The van der Waals surface area contributed by atoms with E-state index in [2.05, 4.69) is 26.5 Å². The Morgan fingerprint density at radius 1 is 1.18 bits per heavy atom. The van der Waals surface area contributed by atoms with Crippen molar-refractivity contribution in [2.24, 2.45) is 28.1 Å². The highest BCUT2D eigenvalue weighted by atomic mass is 16.3. The summed E-state index contributed by atoms with van der Waals surface area (Å²) < 4.78 is 0. The molecule has 2 fully saturated rings. The smallest absolute Gasteiger partial charge is 0.0556 e. The summed E-state index contributed by atoms with van der Waals surface area (Å²) in [6.45, 7) is 9.24. The van der Waals surface area contributed by atoms with Gasteiger partial charge in [-0.15, -0.1) is 6.58 Å². The molecule has 0 aliphatic heterocycles. The van der Waals surface area contributed by atoms with Crippen LogP contribution < -0.4 is 0 Å². The molecule has 0 aromatic heterocycles. The minimum Gasteiger partial charge on any atom is -0.396 e. The number of aliphatic hydroxyl groups excluding tert-OH is 2. The third-order valence-electron chi connectivity index (χ3n) is 7.50. The first kappa shape index (κ1) is 16.3. The highest BCUT2D eigenvalue weighted by molar-refractivity contribution is 5.27. The maximum atomic E-state index is 10.00. The van der Waals surface area contributed by atoms with E-state index in [-0.39, 0.29) is 17.4 Å². The van der Waals surface area contributed by atoms with Crippen LogP contribution in [0.2, 0.25) is 0 Å². The summed E-state index contributed by atoms with van der Waals surface area (Å²) in [7, 11) is 0. The van der Waals surface area contributed by atoms with Crippen molar-refractivity contribution in [3.8, 4) is 0 Å². The van der Waals surface area contributed by atoms with Gasteiger partial charge in [0, 0.05) is 12.0 Å². The average Bonchev–Trinajstić information content (AvgIpc) is 2.54. The molecule has 0 unspecified atom stereocenters. The number of fused-ring (bicyclic) bond motifs is 3. The lowest BCUT2D eigenvalue weighted by atomic mass is 9.45. The van der Waals surface area contributed by atoms with Crippen molar-refractivity contribution in [3.05, 3.63) is 24.3 Å². The highest BCUT2D eigenvalue weighted by Gasteiger charge is 2.55. The van der Waals surface area contributed by atoms with Crippen LogP contribution in [0.1, 0.15) is 58.8 Å². The molecule has 2 heteroatoms. The van der Waals surface area contributed by atoms with Crippen LogP contribution in [0.15, 0.2) is 24.3 Å². The fourth-order valence-corrected chi connectivity index (χ4v) is 6.10. The van der Waals surface area contributed by atoms with Gasteiger partial charge in [0.05, 0.1) is 6.61 Å². The molecule has 2 nitrogen and oxygen atoms in total. The van der Waals surface area contributed by atoms with Crippen LogP contribution in [-0.4, -0.2) is 23.4 Å². The van der Waals surface area contributed by atoms with Crippen molar-refractivity contribution in [1.82, 2.24) is 0 Å². The largest absolute Gasteiger partial charge is 0.396 e. The van der Waals surface area contributed by atoms with Crippen molar-refractivity contribution in [2.75, 3.05) is 13.2 Å². The summed E-state index contributed by atoms with van der Waals surface area (Å²) in [5.41, 5.74) is 1.79. The van der Waals surface area contributed by atoms with Crippen molar-refractivity contribution in [3.63, 3.8) is 0 Å². The van der Waals surface area contributed by atoms with E-state index in [1.807, 2.05) is 6.08 Å². The summed E-state index contributed by atoms with van der Waals surface area (Å²) in [5.74, 6) is 1.27. The maximum absolute atomic E-state index is 10.00. The predicted molar refractivity (Wildman–Crippen MR) is 90.4 cm³/mol. The van der Waals surface area contributed by atoms with Gasteiger partial charge in [0.2, 0.25) is 0 Å². The fourth-order valence-electron chi connectivity index (χ4n) is 6.10. The quantitative estimate of drug-likeness (QED) is 0.771. The second-order valence-corrected chi connectivity index (χ2v) is 8.67. The molecule has 3 aliphatic rings. The fraction of sp³-hybridized carbons (Fsp3) is 0.800. The molecule has 0 heterocycles. The molecule has 0 amide bonds. The Bertz CT molecular complexity index is 482. The Kier molecular flexibility index (Phi) is 4.06. The van der Waals surface area contributed by atoms with Gasteiger partial charge in [-0.1, -0.05) is 38.0 Å². The Hall–Kier alpha value is -0.600. The molecule has 0 spiro atoms. The van der Waals surface area contributed by atoms with Crippen LogP contribution in [0.5, 0.6) is 0 Å². The van der Waals surface area contributed by atoms with E-state index in [9.17, 15) is 10.2 Å². The molecule has 5 atom stereocenters. The first-order chi connectivity index (χ1) is 10.4. The second-order valence-electron chi connectivity index (χ2n) is 8.67. The number of aliphatic hydroxyl groups is 2. The lowest BCUT2D eigenvalue weighted by molar-refractivity contribution is -0.0901. The zero-order valence-corrected chi connectivity index (χ0v) is 14.3. The van der Waals surface area contributed by atoms with Crippen LogP contribution in [0.25, 0.3) is 0 Å². The molecule has 124 valence electrons. The lowest BCUT2D eigenvalue weighted by Gasteiger charge is -2.60.